The van der Waals surface area contributed by atoms with Crippen LogP contribution in [0.15, 0.2) is 41.0 Å². The van der Waals surface area contributed by atoms with Crippen LogP contribution in [0.4, 0.5) is 10.1 Å². The van der Waals surface area contributed by atoms with E-state index in [4.69, 9.17) is 4.42 Å². The molecule has 2 aromatic rings. The van der Waals surface area contributed by atoms with Gasteiger partial charge in [0.2, 0.25) is 5.91 Å². The minimum Gasteiger partial charge on any atom is -0.467 e. The van der Waals surface area contributed by atoms with Crippen molar-refractivity contribution in [2.24, 2.45) is 5.92 Å². The molecule has 0 saturated carbocycles. The van der Waals surface area contributed by atoms with Gasteiger partial charge in [0.15, 0.2) is 0 Å². The number of hydrogen-bond acceptors (Lipinski definition) is 3. The highest BCUT2D eigenvalue weighted by Crippen LogP contribution is 2.35. The maximum absolute atomic E-state index is 13.8. The summed E-state index contributed by atoms with van der Waals surface area (Å²) < 4.78 is 19.4. The van der Waals surface area contributed by atoms with Crippen molar-refractivity contribution < 1.29 is 18.4 Å². The number of anilines is 1. The van der Waals surface area contributed by atoms with Gasteiger partial charge in [-0.05, 0) is 49.1 Å². The lowest BCUT2D eigenvalue weighted by molar-refractivity contribution is -0.114. The first-order valence-corrected chi connectivity index (χ1v) is 8.37. The molecule has 0 radical (unpaired) electrons. The van der Waals surface area contributed by atoms with Crippen LogP contribution >= 0.6 is 0 Å². The number of piperidine rings is 1. The van der Waals surface area contributed by atoms with Gasteiger partial charge in [-0.1, -0.05) is 6.92 Å². The van der Waals surface area contributed by atoms with E-state index < -0.39 is 5.82 Å². The highest BCUT2D eigenvalue weighted by atomic mass is 19.1. The second kappa shape index (κ2) is 7.09. The van der Waals surface area contributed by atoms with Crippen LogP contribution in [-0.4, -0.2) is 23.3 Å². The third kappa shape index (κ3) is 3.73. The van der Waals surface area contributed by atoms with Crippen LogP contribution in [-0.2, 0) is 4.79 Å². The number of furan rings is 1. The van der Waals surface area contributed by atoms with Crippen LogP contribution in [0, 0.1) is 11.7 Å². The largest absolute Gasteiger partial charge is 0.467 e. The summed E-state index contributed by atoms with van der Waals surface area (Å²) in [5.74, 6) is 0.0941. The van der Waals surface area contributed by atoms with E-state index in [1.54, 1.807) is 11.2 Å². The molecule has 0 spiro atoms. The number of amides is 2. The monoisotopic (exact) mass is 344 g/mol. The Morgan fingerprint density at radius 3 is 2.80 bits per heavy atom. The molecule has 5 nitrogen and oxygen atoms in total. The first kappa shape index (κ1) is 17.2. The Morgan fingerprint density at radius 1 is 1.32 bits per heavy atom. The van der Waals surface area contributed by atoms with Gasteiger partial charge >= 0.3 is 0 Å². The van der Waals surface area contributed by atoms with E-state index in [9.17, 15) is 14.0 Å². The van der Waals surface area contributed by atoms with Gasteiger partial charge in [-0.3, -0.25) is 9.59 Å². The van der Waals surface area contributed by atoms with Crippen molar-refractivity contribution in [3.05, 3.63) is 53.7 Å². The lowest BCUT2D eigenvalue weighted by Gasteiger charge is -2.37. The summed E-state index contributed by atoms with van der Waals surface area (Å²) in [6, 6.07) is 7.57. The number of rotatable bonds is 3. The molecular formula is C19H21FN2O3. The van der Waals surface area contributed by atoms with Crippen molar-refractivity contribution in [1.29, 1.82) is 0 Å². The van der Waals surface area contributed by atoms with Gasteiger partial charge < -0.3 is 14.6 Å². The number of carbonyl (C=O) groups excluding carboxylic acids is 2. The summed E-state index contributed by atoms with van der Waals surface area (Å²) in [6.45, 7) is 4.07. The summed E-state index contributed by atoms with van der Waals surface area (Å²) in [4.78, 5) is 26.0. The molecule has 0 unspecified atom stereocenters. The number of benzene rings is 1. The number of hydrogen-bond donors (Lipinski definition) is 1. The predicted molar refractivity (Wildman–Crippen MR) is 91.6 cm³/mol. The molecule has 25 heavy (non-hydrogen) atoms. The molecule has 1 saturated heterocycles. The fourth-order valence-corrected chi connectivity index (χ4v) is 3.24. The molecule has 1 aromatic carbocycles. The second-order valence-corrected chi connectivity index (χ2v) is 6.54. The molecule has 2 atom stereocenters. The van der Waals surface area contributed by atoms with Gasteiger partial charge in [-0.2, -0.15) is 0 Å². The molecule has 1 N–H and O–H groups in total. The summed E-state index contributed by atoms with van der Waals surface area (Å²) >= 11 is 0. The van der Waals surface area contributed by atoms with E-state index in [1.165, 1.54) is 25.1 Å². The quantitative estimate of drug-likeness (QED) is 0.916. The Hall–Kier alpha value is -2.63. The van der Waals surface area contributed by atoms with Crippen LogP contribution in [0.2, 0.25) is 0 Å². The van der Waals surface area contributed by atoms with E-state index >= 15 is 0 Å². The Kier molecular flexibility index (Phi) is 4.88. The van der Waals surface area contributed by atoms with Crippen LogP contribution in [0.1, 0.15) is 48.8 Å². The van der Waals surface area contributed by atoms with Gasteiger partial charge in [0.25, 0.3) is 5.91 Å². The zero-order chi connectivity index (χ0) is 18.0. The molecule has 1 aromatic heterocycles. The summed E-state index contributed by atoms with van der Waals surface area (Å²) in [6.07, 6.45) is 3.33. The predicted octanol–water partition coefficient (Wildman–Crippen LogP) is 3.99. The third-order valence-electron chi connectivity index (χ3n) is 4.52. The SMILES string of the molecule is CC(=O)Nc1cc(C(=O)N2CC[C@@H](C)C[C@H]2c2ccco2)ccc1F. The minimum absolute atomic E-state index is 0.0123. The van der Waals surface area contributed by atoms with Crippen molar-refractivity contribution in [1.82, 2.24) is 4.90 Å². The number of nitrogens with one attached hydrogen (secondary N) is 1. The van der Waals surface area contributed by atoms with E-state index in [0.717, 1.165) is 18.6 Å². The van der Waals surface area contributed by atoms with Crippen molar-refractivity contribution in [3.63, 3.8) is 0 Å². The molecule has 3 rings (SSSR count). The van der Waals surface area contributed by atoms with Crippen molar-refractivity contribution in [3.8, 4) is 0 Å². The molecule has 1 aliphatic heterocycles. The van der Waals surface area contributed by atoms with Crippen molar-refractivity contribution in [2.45, 2.75) is 32.7 Å². The molecule has 1 aliphatic rings. The van der Waals surface area contributed by atoms with E-state index in [0.29, 0.717) is 18.0 Å². The number of carbonyl (C=O) groups is 2. The Labute approximate surface area is 145 Å². The number of nitrogens with zero attached hydrogens (tertiary/aromatic N) is 1. The van der Waals surface area contributed by atoms with E-state index in [1.807, 2.05) is 12.1 Å². The fraction of sp³-hybridized carbons (Fsp3) is 0.368. The molecule has 0 bridgehead atoms. The molecular weight excluding hydrogens is 323 g/mol. The minimum atomic E-state index is -0.568. The summed E-state index contributed by atoms with van der Waals surface area (Å²) in [7, 11) is 0. The normalized spacial score (nSPS) is 20.4. The third-order valence-corrected chi connectivity index (χ3v) is 4.52. The number of likely N-dealkylation sites (tertiary alicyclic amines) is 1. The maximum atomic E-state index is 13.8. The first-order valence-electron chi connectivity index (χ1n) is 8.37. The zero-order valence-electron chi connectivity index (χ0n) is 14.3. The maximum Gasteiger partial charge on any atom is 0.254 e. The average molecular weight is 344 g/mol. The highest BCUT2D eigenvalue weighted by Gasteiger charge is 2.33. The highest BCUT2D eigenvalue weighted by molar-refractivity contribution is 5.97. The van der Waals surface area contributed by atoms with E-state index in [-0.39, 0.29) is 23.5 Å². The number of halogens is 1. The van der Waals surface area contributed by atoms with Crippen molar-refractivity contribution in [2.75, 3.05) is 11.9 Å². The standard InChI is InChI=1S/C19H21FN2O3/c1-12-7-8-22(17(10-12)18-4-3-9-25-18)19(24)14-5-6-15(20)16(11-14)21-13(2)23/h3-6,9,11-12,17H,7-8,10H2,1-2H3,(H,21,23)/t12-,17+/m1/s1. The molecule has 1 fully saturated rings. The Bertz CT molecular complexity index is 773. The summed E-state index contributed by atoms with van der Waals surface area (Å²) in [5.41, 5.74) is 0.356. The van der Waals surface area contributed by atoms with Crippen molar-refractivity contribution >= 4 is 17.5 Å². The van der Waals surface area contributed by atoms with Crippen LogP contribution in [0.25, 0.3) is 0 Å². The fourth-order valence-electron chi connectivity index (χ4n) is 3.24. The van der Waals surface area contributed by atoms with Crippen LogP contribution in [0.3, 0.4) is 0 Å². The Balaban J connectivity index is 1.89. The average Bonchev–Trinajstić information content (AvgIpc) is 3.10. The molecule has 2 heterocycles. The topological polar surface area (TPSA) is 62.6 Å². The van der Waals surface area contributed by atoms with Gasteiger partial charge in [0, 0.05) is 19.0 Å². The first-order chi connectivity index (χ1) is 12.0. The van der Waals surface area contributed by atoms with Crippen LogP contribution < -0.4 is 5.32 Å². The van der Waals surface area contributed by atoms with Gasteiger partial charge in [-0.25, -0.2) is 4.39 Å². The van der Waals surface area contributed by atoms with Gasteiger partial charge in [0.1, 0.15) is 11.6 Å². The smallest absolute Gasteiger partial charge is 0.254 e. The van der Waals surface area contributed by atoms with Gasteiger partial charge in [0.05, 0.1) is 18.0 Å². The van der Waals surface area contributed by atoms with Gasteiger partial charge in [-0.15, -0.1) is 0 Å². The zero-order valence-corrected chi connectivity index (χ0v) is 14.3. The second-order valence-electron chi connectivity index (χ2n) is 6.54. The van der Waals surface area contributed by atoms with E-state index in [2.05, 4.69) is 12.2 Å². The summed E-state index contributed by atoms with van der Waals surface area (Å²) in [5, 5.41) is 2.41. The Morgan fingerprint density at radius 2 is 2.12 bits per heavy atom. The lowest BCUT2D eigenvalue weighted by Crippen LogP contribution is -2.40. The molecule has 132 valence electrons. The lowest BCUT2D eigenvalue weighted by atomic mass is 9.90. The molecule has 0 aliphatic carbocycles. The van der Waals surface area contributed by atoms with Crippen LogP contribution in [0.5, 0.6) is 0 Å². The molecule has 2 amide bonds. The molecule has 6 heteroatoms.